The summed E-state index contributed by atoms with van der Waals surface area (Å²) in [5.41, 5.74) is 10.4. The second kappa shape index (κ2) is 8.67. The summed E-state index contributed by atoms with van der Waals surface area (Å²) in [6, 6.07) is 13.9. The first kappa shape index (κ1) is 18.8. The van der Waals surface area contributed by atoms with Crippen molar-refractivity contribution in [3.8, 4) is 10.4 Å². The number of thiophene rings is 1. The van der Waals surface area contributed by atoms with E-state index >= 15 is 0 Å². The summed E-state index contributed by atoms with van der Waals surface area (Å²) >= 11 is 1.68. The lowest BCUT2D eigenvalue weighted by Crippen LogP contribution is -2.28. The Balaban J connectivity index is 1.44. The molecule has 3 aromatic rings. The zero-order valence-electron chi connectivity index (χ0n) is 15.9. The van der Waals surface area contributed by atoms with E-state index in [2.05, 4.69) is 16.4 Å². The Kier molecular flexibility index (Phi) is 5.84. The van der Waals surface area contributed by atoms with Crippen LogP contribution in [-0.4, -0.2) is 23.9 Å². The lowest BCUT2D eigenvalue weighted by molar-refractivity contribution is 0.0988. The van der Waals surface area contributed by atoms with E-state index in [4.69, 9.17) is 5.73 Å². The van der Waals surface area contributed by atoms with E-state index in [1.54, 1.807) is 11.3 Å². The Morgan fingerprint density at radius 3 is 2.75 bits per heavy atom. The first-order valence-corrected chi connectivity index (χ1v) is 10.7. The smallest absolute Gasteiger partial charge is 0.185 e. The molecule has 1 fully saturated rings. The van der Waals surface area contributed by atoms with Crippen LogP contribution in [0.2, 0.25) is 0 Å². The molecule has 0 unspecified atom stereocenters. The van der Waals surface area contributed by atoms with Crippen molar-refractivity contribution < 1.29 is 4.79 Å². The van der Waals surface area contributed by atoms with Crippen molar-refractivity contribution in [2.24, 2.45) is 5.92 Å². The minimum atomic E-state index is 0.00319. The molecular weight excluding hydrogens is 366 g/mol. The fraction of sp³-hybridized carbons (Fsp3) is 0.304. The number of anilines is 1. The average molecular weight is 392 g/mol. The highest BCUT2D eigenvalue weighted by molar-refractivity contribution is 7.13. The van der Waals surface area contributed by atoms with E-state index in [1.165, 1.54) is 23.3 Å². The van der Waals surface area contributed by atoms with Crippen LogP contribution in [-0.2, 0) is 12.8 Å². The molecule has 0 spiro atoms. The fourth-order valence-electron chi connectivity index (χ4n) is 3.75. The van der Waals surface area contributed by atoms with Gasteiger partial charge in [0.05, 0.1) is 0 Å². The van der Waals surface area contributed by atoms with Crippen molar-refractivity contribution in [3.05, 3.63) is 70.9 Å². The van der Waals surface area contributed by atoms with Gasteiger partial charge in [0.25, 0.3) is 0 Å². The van der Waals surface area contributed by atoms with Gasteiger partial charge in [-0.3, -0.25) is 9.78 Å². The highest BCUT2D eigenvalue weighted by Gasteiger charge is 2.15. The van der Waals surface area contributed by atoms with E-state index in [-0.39, 0.29) is 12.2 Å². The van der Waals surface area contributed by atoms with Crippen LogP contribution in [0.1, 0.15) is 34.5 Å². The number of nitrogens with two attached hydrogens (primary N) is 1. The van der Waals surface area contributed by atoms with Gasteiger partial charge in [-0.15, -0.1) is 11.3 Å². The summed E-state index contributed by atoms with van der Waals surface area (Å²) in [5, 5.41) is 5.44. The van der Waals surface area contributed by atoms with Gasteiger partial charge in [-0.25, -0.2) is 0 Å². The number of aromatic nitrogens is 1. The molecule has 0 aliphatic carbocycles. The Hall–Kier alpha value is -2.50. The van der Waals surface area contributed by atoms with Crippen LogP contribution in [0.4, 0.5) is 5.69 Å². The van der Waals surface area contributed by atoms with Crippen molar-refractivity contribution >= 4 is 22.8 Å². The van der Waals surface area contributed by atoms with Crippen LogP contribution < -0.4 is 11.1 Å². The second-order valence-corrected chi connectivity index (χ2v) is 8.39. The molecule has 0 bridgehead atoms. The van der Waals surface area contributed by atoms with Gasteiger partial charge < -0.3 is 11.1 Å². The predicted molar refractivity (Wildman–Crippen MR) is 116 cm³/mol. The zero-order chi connectivity index (χ0) is 19.3. The summed E-state index contributed by atoms with van der Waals surface area (Å²) in [5.74, 6) is 0.716. The van der Waals surface area contributed by atoms with E-state index in [0.29, 0.717) is 17.3 Å². The Morgan fingerprint density at radius 1 is 1.18 bits per heavy atom. The standard InChI is InChI=1S/C23H25N3OS/c24-20-5-4-18(23-2-1-11-28-23)13-19(20)14-22(27)21-6-3-17(15-26-21)12-16-7-9-25-10-8-16/h1-6,11,13,15-16,25H,7-10,12,14,24H2. The Bertz CT molecular complexity index is 929. The van der Waals surface area contributed by atoms with Crippen molar-refractivity contribution in [3.63, 3.8) is 0 Å². The quantitative estimate of drug-likeness (QED) is 0.484. The molecule has 0 atom stereocenters. The molecule has 0 saturated carbocycles. The van der Waals surface area contributed by atoms with Crippen molar-refractivity contribution in [2.45, 2.75) is 25.7 Å². The van der Waals surface area contributed by atoms with Gasteiger partial charge in [0.1, 0.15) is 5.69 Å². The maximum absolute atomic E-state index is 12.7. The largest absolute Gasteiger partial charge is 0.398 e. The van der Waals surface area contributed by atoms with Gasteiger partial charge in [0.15, 0.2) is 5.78 Å². The van der Waals surface area contributed by atoms with E-state index in [0.717, 1.165) is 30.6 Å². The van der Waals surface area contributed by atoms with Gasteiger partial charge >= 0.3 is 0 Å². The van der Waals surface area contributed by atoms with Gasteiger partial charge in [-0.05, 0) is 84.6 Å². The number of nitrogens with zero attached hydrogens (tertiary/aromatic N) is 1. The molecule has 3 N–H and O–H groups in total. The molecule has 1 aliphatic heterocycles. The SMILES string of the molecule is Nc1ccc(-c2cccs2)cc1CC(=O)c1ccc(CC2CCNCC2)cn1. The molecule has 28 heavy (non-hydrogen) atoms. The maximum Gasteiger partial charge on any atom is 0.185 e. The van der Waals surface area contributed by atoms with Gasteiger partial charge in [0.2, 0.25) is 0 Å². The van der Waals surface area contributed by atoms with Crippen LogP contribution >= 0.6 is 11.3 Å². The molecule has 0 radical (unpaired) electrons. The van der Waals surface area contributed by atoms with E-state index in [9.17, 15) is 4.79 Å². The monoisotopic (exact) mass is 391 g/mol. The van der Waals surface area contributed by atoms with Crippen molar-refractivity contribution in [1.82, 2.24) is 10.3 Å². The third-order valence-corrected chi connectivity index (χ3v) is 6.31. The number of ketones is 1. The Morgan fingerprint density at radius 2 is 2.04 bits per heavy atom. The predicted octanol–water partition coefficient (Wildman–Crippen LogP) is 4.36. The number of carbonyl (C=O) groups excluding carboxylic acids is 1. The van der Waals surface area contributed by atoms with Crippen molar-refractivity contribution in [1.29, 1.82) is 0 Å². The number of carbonyl (C=O) groups is 1. The number of rotatable bonds is 6. The number of benzene rings is 1. The molecule has 5 heteroatoms. The average Bonchev–Trinajstić information content (AvgIpc) is 3.26. The van der Waals surface area contributed by atoms with Crippen LogP contribution in [0.3, 0.4) is 0 Å². The summed E-state index contributed by atoms with van der Waals surface area (Å²) in [4.78, 5) is 18.4. The molecule has 4 rings (SSSR count). The molecule has 0 amide bonds. The van der Waals surface area contributed by atoms with E-state index in [1.807, 2.05) is 48.0 Å². The number of Topliss-reactive ketones (excluding diaryl/α,β-unsaturated/α-hetero) is 1. The summed E-state index contributed by atoms with van der Waals surface area (Å²) in [6.07, 6.45) is 5.59. The molecule has 1 aliphatic rings. The van der Waals surface area contributed by atoms with Gasteiger partial charge in [-0.2, -0.15) is 0 Å². The van der Waals surface area contributed by atoms with Crippen LogP contribution in [0, 0.1) is 5.92 Å². The number of pyridine rings is 1. The summed E-state index contributed by atoms with van der Waals surface area (Å²) < 4.78 is 0. The summed E-state index contributed by atoms with van der Waals surface area (Å²) in [6.45, 7) is 2.20. The third kappa shape index (κ3) is 4.49. The first-order chi connectivity index (χ1) is 13.7. The van der Waals surface area contributed by atoms with Gasteiger partial charge in [-0.1, -0.05) is 18.2 Å². The fourth-order valence-corrected chi connectivity index (χ4v) is 4.47. The zero-order valence-corrected chi connectivity index (χ0v) is 16.7. The van der Waals surface area contributed by atoms with Gasteiger partial charge in [0, 0.05) is 23.2 Å². The topological polar surface area (TPSA) is 68.0 Å². The van der Waals surface area contributed by atoms with Crippen LogP contribution in [0.15, 0.2) is 54.0 Å². The number of nitrogen functional groups attached to an aromatic ring is 1. The maximum atomic E-state index is 12.7. The third-order valence-electron chi connectivity index (χ3n) is 5.39. The molecule has 1 aromatic carbocycles. The first-order valence-electron chi connectivity index (χ1n) is 9.80. The van der Waals surface area contributed by atoms with E-state index < -0.39 is 0 Å². The highest BCUT2D eigenvalue weighted by atomic mass is 32.1. The highest BCUT2D eigenvalue weighted by Crippen LogP contribution is 2.28. The minimum absolute atomic E-state index is 0.00319. The molecule has 1 saturated heterocycles. The Labute approximate surface area is 169 Å². The number of piperidine rings is 1. The second-order valence-electron chi connectivity index (χ2n) is 7.44. The minimum Gasteiger partial charge on any atom is -0.398 e. The number of nitrogens with one attached hydrogen (secondary N) is 1. The molecule has 3 heterocycles. The lowest BCUT2D eigenvalue weighted by atomic mass is 9.91. The van der Waals surface area contributed by atoms with Crippen molar-refractivity contribution in [2.75, 3.05) is 18.8 Å². The van der Waals surface area contributed by atoms with Crippen LogP contribution in [0.25, 0.3) is 10.4 Å². The molecule has 144 valence electrons. The normalized spacial score (nSPS) is 14.9. The summed E-state index contributed by atoms with van der Waals surface area (Å²) in [7, 11) is 0. The molecular formula is C23H25N3OS. The molecule has 2 aromatic heterocycles. The lowest BCUT2D eigenvalue weighted by Gasteiger charge is -2.22. The number of hydrogen-bond acceptors (Lipinski definition) is 5. The van der Waals surface area contributed by atoms with Crippen LogP contribution in [0.5, 0.6) is 0 Å². The molecule has 4 nitrogen and oxygen atoms in total. The number of hydrogen-bond donors (Lipinski definition) is 2.